The quantitative estimate of drug-likeness (QED) is 0.185. The fraction of sp³-hybridized carbons (Fsp3) is 0.190. The van der Waals surface area contributed by atoms with Crippen LogP contribution < -0.4 is 10.6 Å². The number of anilines is 1. The lowest BCUT2D eigenvalue weighted by Crippen LogP contribution is -2.22. The predicted molar refractivity (Wildman–Crippen MR) is 116 cm³/mol. The van der Waals surface area contributed by atoms with Crippen molar-refractivity contribution in [2.24, 2.45) is 4.99 Å². The lowest BCUT2D eigenvalue weighted by molar-refractivity contribution is -0.106. The molecule has 0 heterocycles. The first-order chi connectivity index (χ1) is 13.1. The van der Waals surface area contributed by atoms with Crippen molar-refractivity contribution in [3.8, 4) is 0 Å². The number of nitrogens with zero attached hydrogens (tertiary/aromatic N) is 1. The Morgan fingerprint density at radius 3 is 2.63 bits per heavy atom. The number of carbonyl (C=O) groups excluding carboxylic acids is 2. The second kappa shape index (κ2) is 13.4. The van der Waals surface area contributed by atoms with Crippen LogP contribution >= 0.6 is 11.8 Å². The Morgan fingerprint density at radius 2 is 2.00 bits per heavy atom. The van der Waals surface area contributed by atoms with E-state index in [1.54, 1.807) is 24.3 Å². The van der Waals surface area contributed by atoms with Crippen molar-refractivity contribution < 1.29 is 9.59 Å². The molecule has 0 aromatic heterocycles. The number of carbonyl (C=O) groups is 2. The number of hydrogen-bond donors (Lipinski definition) is 2. The standard InChI is InChI=1S/C21H25N3O2S/c1-4-5-6-7-8-17(2)20(22-3)15-27-16-24-21(26)18-9-11-19(12-10-18)23-13-14-25/h5-12,14-15,23H,2-4,13,16H2,1H3,(H,24,26)/b6-5-,8-7-,20-15-. The Hall–Kier alpha value is -2.86. The van der Waals surface area contributed by atoms with Gasteiger partial charge in [0.15, 0.2) is 0 Å². The van der Waals surface area contributed by atoms with Gasteiger partial charge in [0.05, 0.1) is 18.1 Å². The molecule has 1 aromatic rings. The molecule has 27 heavy (non-hydrogen) atoms. The molecule has 2 N–H and O–H groups in total. The molecular formula is C21H25N3O2S. The Balaban J connectivity index is 2.49. The third-order valence-corrected chi connectivity index (χ3v) is 4.03. The molecule has 0 aliphatic heterocycles. The van der Waals surface area contributed by atoms with E-state index in [1.165, 1.54) is 11.8 Å². The molecule has 0 fully saturated rings. The molecule has 0 atom stereocenters. The summed E-state index contributed by atoms with van der Waals surface area (Å²) in [4.78, 5) is 26.4. The molecule has 0 saturated carbocycles. The Kier molecular flexibility index (Phi) is 11.0. The van der Waals surface area contributed by atoms with Gasteiger partial charge in [-0.1, -0.05) is 37.8 Å². The molecule has 0 saturated heterocycles. The number of amides is 1. The van der Waals surface area contributed by atoms with E-state index in [0.717, 1.165) is 24.0 Å². The minimum absolute atomic E-state index is 0.172. The molecule has 6 heteroatoms. The van der Waals surface area contributed by atoms with Crippen LogP contribution in [0.1, 0.15) is 23.7 Å². The highest BCUT2D eigenvalue weighted by Gasteiger charge is 2.04. The minimum atomic E-state index is -0.172. The molecule has 0 radical (unpaired) electrons. The highest BCUT2D eigenvalue weighted by atomic mass is 32.2. The van der Waals surface area contributed by atoms with Crippen molar-refractivity contribution in [1.82, 2.24) is 5.32 Å². The van der Waals surface area contributed by atoms with Crippen molar-refractivity contribution in [3.05, 3.63) is 77.4 Å². The number of thioether (sulfide) groups is 1. The fourth-order valence-corrected chi connectivity index (χ4v) is 2.60. The summed E-state index contributed by atoms with van der Waals surface area (Å²) in [7, 11) is 0. The summed E-state index contributed by atoms with van der Waals surface area (Å²) in [6.45, 7) is 9.83. The zero-order valence-corrected chi connectivity index (χ0v) is 16.3. The molecule has 1 aromatic carbocycles. The van der Waals surface area contributed by atoms with Crippen molar-refractivity contribution in [2.45, 2.75) is 13.3 Å². The largest absolute Gasteiger partial charge is 0.378 e. The van der Waals surface area contributed by atoms with Gasteiger partial charge in [0.25, 0.3) is 5.91 Å². The maximum Gasteiger partial charge on any atom is 0.251 e. The molecule has 142 valence electrons. The van der Waals surface area contributed by atoms with Crippen molar-refractivity contribution in [3.63, 3.8) is 0 Å². The first-order valence-corrected chi connectivity index (χ1v) is 9.54. The molecule has 1 rings (SSSR count). The zero-order valence-electron chi connectivity index (χ0n) is 15.5. The average Bonchev–Trinajstić information content (AvgIpc) is 2.69. The number of hydrogen-bond acceptors (Lipinski definition) is 5. The SMILES string of the molecule is C=N/C(=C\SCNC(=O)c1ccc(NCC=O)cc1)C(=C)/C=C\C=C/CC. The molecular weight excluding hydrogens is 358 g/mol. The Bertz CT molecular complexity index is 734. The number of benzene rings is 1. The van der Waals surface area contributed by atoms with E-state index >= 15 is 0 Å². The first kappa shape index (κ1) is 22.2. The van der Waals surface area contributed by atoms with Gasteiger partial charge in [-0.15, -0.1) is 11.8 Å². The van der Waals surface area contributed by atoms with E-state index in [-0.39, 0.29) is 12.5 Å². The van der Waals surface area contributed by atoms with E-state index in [2.05, 4.69) is 35.8 Å². The summed E-state index contributed by atoms with van der Waals surface area (Å²) < 4.78 is 0. The van der Waals surface area contributed by atoms with Crippen LogP contribution in [0, 0.1) is 0 Å². The lowest BCUT2D eigenvalue weighted by Gasteiger charge is -2.06. The normalized spacial score (nSPS) is 11.5. The van der Waals surface area contributed by atoms with Gasteiger partial charge in [-0.2, -0.15) is 0 Å². The van der Waals surface area contributed by atoms with Crippen molar-refractivity contribution in [2.75, 3.05) is 17.7 Å². The van der Waals surface area contributed by atoms with Gasteiger partial charge in [-0.05, 0) is 48.4 Å². The van der Waals surface area contributed by atoms with Gasteiger partial charge in [0.1, 0.15) is 6.29 Å². The molecule has 0 aliphatic carbocycles. The molecule has 0 aliphatic rings. The summed E-state index contributed by atoms with van der Waals surface area (Å²) in [6, 6.07) is 6.93. The molecule has 1 amide bonds. The van der Waals surface area contributed by atoms with Crippen LogP contribution in [-0.4, -0.2) is 31.3 Å². The van der Waals surface area contributed by atoms with Crippen LogP contribution in [0.3, 0.4) is 0 Å². The summed E-state index contributed by atoms with van der Waals surface area (Å²) in [5.41, 5.74) is 2.76. The average molecular weight is 384 g/mol. The molecule has 0 unspecified atom stereocenters. The number of allylic oxidation sites excluding steroid dienone is 4. The van der Waals surface area contributed by atoms with Crippen LogP contribution in [0.4, 0.5) is 5.69 Å². The van der Waals surface area contributed by atoms with E-state index < -0.39 is 0 Å². The number of aldehydes is 1. The van der Waals surface area contributed by atoms with Crippen LogP contribution in [0.15, 0.2) is 76.8 Å². The highest BCUT2D eigenvalue weighted by Crippen LogP contribution is 2.16. The predicted octanol–water partition coefficient (Wildman–Crippen LogP) is 4.34. The number of nitrogens with one attached hydrogen (secondary N) is 2. The van der Waals surface area contributed by atoms with Gasteiger partial charge in [0, 0.05) is 11.3 Å². The third-order valence-electron chi connectivity index (χ3n) is 3.33. The van der Waals surface area contributed by atoms with Gasteiger partial charge < -0.3 is 15.4 Å². The van der Waals surface area contributed by atoms with Gasteiger partial charge in [-0.3, -0.25) is 9.79 Å². The van der Waals surface area contributed by atoms with Crippen LogP contribution in [0.2, 0.25) is 0 Å². The Labute approximate surface area is 165 Å². The maximum absolute atomic E-state index is 12.1. The van der Waals surface area contributed by atoms with Gasteiger partial charge in [-0.25, -0.2) is 0 Å². The smallest absolute Gasteiger partial charge is 0.251 e. The van der Waals surface area contributed by atoms with E-state index in [0.29, 0.717) is 17.1 Å². The summed E-state index contributed by atoms with van der Waals surface area (Å²) in [6.07, 6.45) is 9.54. The molecule has 5 nitrogen and oxygen atoms in total. The second-order valence-electron chi connectivity index (χ2n) is 5.32. The third kappa shape index (κ3) is 8.87. The fourth-order valence-electron chi connectivity index (χ4n) is 1.92. The maximum atomic E-state index is 12.1. The Morgan fingerprint density at radius 1 is 1.26 bits per heavy atom. The topological polar surface area (TPSA) is 70.6 Å². The summed E-state index contributed by atoms with van der Waals surface area (Å²) in [5, 5.41) is 7.55. The van der Waals surface area contributed by atoms with Crippen LogP contribution in [-0.2, 0) is 4.79 Å². The monoisotopic (exact) mass is 383 g/mol. The highest BCUT2D eigenvalue weighted by molar-refractivity contribution is 8.02. The molecule has 0 bridgehead atoms. The minimum Gasteiger partial charge on any atom is -0.378 e. The number of aliphatic imine (C=N–C) groups is 1. The number of rotatable bonds is 12. The van der Waals surface area contributed by atoms with Gasteiger partial charge >= 0.3 is 0 Å². The second-order valence-corrected chi connectivity index (χ2v) is 6.18. The van der Waals surface area contributed by atoms with Crippen molar-refractivity contribution in [1.29, 1.82) is 0 Å². The van der Waals surface area contributed by atoms with Crippen LogP contribution in [0.25, 0.3) is 0 Å². The summed E-state index contributed by atoms with van der Waals surface area (Å²) in [5.74, 6) is 0.227. The van der Waals surface area contributed by atoms with Gasteiger partial charge in [0.2, 0.25) is 0 Å². The molecule has 0 spiro atoms. The first-order valence-electron chi connectivity index (χ1n) is 8.49. The lowest BCUT2D eigenvalue weighted by atomic mass is 10.2. The van der Waals surface area contributed by atoms with E-state index in [9.17, 15) is 9.59 Å². The zero-order chi connectivity index (χ0) is 19.9. The van der Waals surface area contributed by atoms with Crippen LogP contribution in [0.5, 0.6) is 0 Å². The van der Waals surface area contributed by atoms with Crippen molar-refractivity contribution >= 4 is 36.4 Å². The summed E-state index contributed by atoms with van der Waals surface area (Å²) >= 11 is 1.40. The van der Waals surface area contributed by atoms with E-state index in [4.69, 9.17) is 0 Å². The van der Waals surface area contributed by atoms with E-state index in [1.807, 2.05) is 29.7 Å².